The number of aromatic nitrogens is 2. The summed E-state index contributed by atoms with van der Waals surface area (Å²) in [4.78, 5) is 20.0. The van der Waals surface area contributed by atoms with E-state index in [1.54, 1.807) is 0 Å². The first kappa shape index (κ1) is 10.0. The standard InChI is InChI=1S/C10H16N4O/c1-7-3-2-4-14(5-7)9-8(11)10(15)13-6-12-9/h6-7H,2-5,11H2,1H3,(H,12,13,15). The van der Waals surface area contributed by atoms with E-state index in [1.807, 2.05) is 0 Å². The summed E-state index contributed by atoms with van der Waals surface area (Å²) in [5.41, 5.74) is 5.69. The predicted molar refractivity (Wildman–Crippen MR) is 59.9 cm³/mol. The second kappa shape index (κ2) is 3.92. The molecule has 1 unspecified atom stereocenters. The molecule has 5 heteroatoms. The quantitative estimate of drug-likeness (QED) is 0.708. The SMILES string of the molecule is CC1CCCN(c2nc[nH]c(=O)c2N)C1. The van der Waals surface area contributed by atoms with Crippen molar-refractivity contribution in [2.24, 2.45) is 5.92 Å². The Morgan fingerprint density at radius 3 is 3.20 bits per heavy atom. The van der Waals surface area contributed by atoms with E-state index < -0.39 is 0 Å². The number of hydrogen-bond donors (Lipinski definition) is 2. The number of nitrogens with two attached hydrogens (primary N) is 1. The van der Waals surface area contributed by atoms with Crippen molar-refractivity contribution in [3.8, 4) is 0 Å². The third-order valence-corrected chi connectivity index (χ3v) is 2.82. The van der Waals surface area contributed by atoms with E-state index in [2.05, 4.69) is 21.8 Å². The first-order chi connectivity index (χ1) is 7.18. The van der Waals surface area contributed by atoms with Crippen LogP contribution in [-0.4, -0.2) is 23.1 Å². The molecule has 1 aromatic heterocycles. The van der Waals surface area contributed by atoms with Gasteiger partial charge in [0.1, 0.15) is 5.69 Å². The summed E-state index contributed by atoms with van der Waals surface area (Å²) < 4.78 is 0. The van der Waals surface area contributed by atoms with Gasteiger partial charge in [0, 0.05) is 13.1 Å². The zero-order valence-electron chi connectivity index (χ0n) is 8.86. The summed E-state index contributed by atoms with van der Waals surface area (Å²) in [5.74, 6) is 1.27. The Bertz CT molecular complexity index is 401. The first-order valence-corrected chi connectivity index (χ1v) is 5.26. The van der Waals surface area contributed by atoms with E-state index in [9.17, 15) is 4.79 Å². The van der Waals surface area contributed by atoms with E-state index in [0.29, 0.717) is 11.7 Å². The van der Waals surface area contributed by atoms with E-state index in [0.717, 1.165) is 19.5 Å². The smallest absolute Gasteiger partial charge is 0.276 e. The fourth-order valence-corrected chi connectivity index (χ4v) is 2.03. The van der Waals surface area contributed by atoms with Crippen LogP contribution >= 0.6 is 0 Å². The molecule has 1 aliphatic heterocycles. The Balaban J connectivity index is 2.28. The number of aromatic amines is 1. The average molecular weight is 208 g/mol. The highest BCUT2D eigenvalue weighted by Crippen LogP contribution is 2.23. The van der Waals surface area contributed by atoms with Gasteiger partial charge in [-0.15, -0.1) is 0 Å². The maximum absolute atomic E-state index is 11.3. The van der Waals surface area contributed by atoms with Crippen LogP contribution in [0, 0.1) is 5.92 Å². The number of H-pyrrole nitrogens is 1. The van der Waals surface area contributed by atoms with Gasteiger partial charge in [-0.05, 0) is 18.8 Å². The van der Waals surface area contributed by atoms with Crippen LogP contribution in [0.15, 0.2) is 11.1 Å². The summed E-state index contributed by atoms with van der Waals surface area (Å²) >= 11 is 0. The number of nitrogens with zero attached hydrogens (tertiary/aromatic N) is 2. The topological polar surface area (TPSA) is 75.0 Å². The largest absolute Gasteiger partial charge is 0.391 e. The number of piperidine rings is 1. The van der Waals surface area contributed by atoms with Crippen LogP contribution in [0.2, 0.25) is 0 Å². The zero-order chi connectivity index (χ0) is 10.8. The first-order valence-electron chi connectivity index (χ1n) is 5.26. The van der Waals surface area contributed by atoms with Gasteiger partial charge in [0.05, 0.1) is 6.33 Å². The van der Waals surface area contributed by atoms with Crippen LogP contribution in [0.25, 0.3) is 0 Å². The minimum Gasteiger partial charge on any atom is -0.391 e. The lowest BCUT2D eigenvalue weighted by Gasteiger charge is -2.32. The summed E-state index contributed by atoms with van der Waals surface area (Å²) in [6.45, 7) is 4.07. The number of hydrogen-bond acceptors (Lipinski definition) is 4. The van der Waals surface area contributed by atoms with Crippen LogP contribution in [-0.2, 0) is 0 Å². The van der Waals surface area contributed by atoms with Crippen LogP contribution < -0.4 is 16.2 Å². The molecule has 2 rings (SSSR count). The monoisotopic (exact) mass is 208 g/mol. The fraction of sp³-hybridized carbons (Fsp3) is 0.600. The van der Waals surface area contributed by atoms with Crippen molar-refractivity contribution in [2.45, 2.75) is 19.8 Å². The van der Waals surface area contributed by atoms with Crippen molar-refractivity contribution in [1.82, 2.24) is 9.97 Å². The highest BCUT2D eigenvalue weighted by atomic mass is 16.1. The molecule has 1 aromatic rings. The Morgan fingerprint density at radius 2 is 2.47 bits per heavy atom. The molecule has 0 saturated carbocycles. The molecule has 3 N–H and O–H groups in total. The summed E-state index contributed by atoms with van der Waals surface area (Å²) in [6, 6.07) is 0. The van der Waals surface area contributed by atoms with Crippen molar-refractivity contribution in [1.29, 1.82) is 0 Å². The normalized spacial score (nSPS) is 21.7. The van der Waals surface area contributed by atoms with Crippen LogP contribution in [0.5, 0.6) is 0 Å². The van der Waals surface area contributed by atoms with Gasteiger partial charge in [-0.2, -0.15) is 0 Å². The molecule has 5 nitrogen and oxygen atoms in total. The molecule has 0 spiro atoms. The van der Waals surface area contributed by atoms with Gasteiger partial charge in [0.2, 0.25) is 0 Å². The van der Waals surface area contributed by atoms with E-state index in [4.69, 9.17) is 5.73 Å². The summed E-state index contributed by atoms with van der Waals surface area (Å²) in [7, 11) is 0. The number of rotatable bonds is 1. The van der Waals surface area contributed by atoms with Crippen molar-refractivity contribution >= 4 is 11.5 Å². The van der Waals surface area contributed by atoms with Gasteiger partial charge >= 0.3 is 0 Å². The lowest BCUT2D eigenvalue weighted by Crippen LogP contribution is -2.36. The van der Waals surface area contributed by atoms with Crippen molar-refractivity contribution in [3.63, 3.8) is 0 Å². The predicted octanol–water partition coefficient (Wildman–Crippen LogP) is 0.588. The van der Waals surface area contributed by atoms with Crippen LogP contribution in [0.4, 0.5) is 11.5 Å². The molecular weight excluding hydrogens is 192 g/mol. The van der Waals surface area contributed by atoms with E-state index in [1.165, 1.54) is 12.7 Å². The van der Waals surface area contributed by atoms with Gasteiger partial charge in [-0.25, -0.2) is 4.98 Å². The van der Waals surface area contributed by atoms with Crippen molar-refractivity contribution in [2.75, 3.05) is 23.7 Å². The third-order valence-electron chi connectivity index (χ3n) is 2.82. The van der Waals surface area contributed by atoms with Gasteiger partial charge in [0.15, 0.2) is 5.82 Å². The molecular formula is C10H16N4O. The van der Waals surface area contributed by atoms with Gasteiger partial charge in [-0.1, -0.05) is 6.92 Å². The number of nitrogen functional groups attached to an aromatic ring is 1. The molecule has 1 fully saturated rings. The second-order valence-electron chi connectivity index (χ2n) is 4.16. The van der Waals surface area contributed by atoms with E-state index >= 15 is 0 Å². The Labute approximate surface area is 88.3 Å². The molecule has 2 heterocycles. The Kier molecular flexibility index (Phi) is 2.62. The minimum atomic E-state index is -0.252. The maximum Gasteiger partial charge on any atom is 0.276 e. The molecule has 0 bridgehead atoms. The Hall–Kier alpha value is -1.52. The number of nitrogens with one attached hydrogen (secondary N) is 1. The van der Waals surface area contributed by atoms with Crippen molar-refractivity contribution < 1.29 is 0 Å². The van der Waals surface area contributed by atoms with Gasteiger partial charge < -0.3 is 15.6 Å². The molecule has 15 heavy (non-hydrogen) atoms. The third kappa shape index (κ3) is 1.95. The fourth-order valence-electron chi connectivity index (χ4n) is 2.03. The second-order valence-corrected chi connectivity index (χ2v) is 4.16. The molecule has 0 amide bonds. The highest BCUT2D eigenvalue weighted by Gasteiger charge is 2.20. The summed E-state index contributed by atoms with van der Waals surface area (Å²) in [5, 5.41) is 0. The number of anilines is 2. The Morgan fingerprint density at radius 1 is 1.67 bits per heavy atom. The molecule has 82 valence electrons. The molecule has 0 aromatic carbocycles. The molecule has 1 atom stereocenters. The van der Waals surface area contributed by atoms with Crippen LogP contribution in [0.3, 0.4) is 0 Å². The molecule has 1 saturated heterocycles. The van der Waals surface area contributed by atoms with Gasteiger partial charge in [-0.3, -0.25) is 4.79 Å². The lowest BCUT2D eigenvalue weighted by atomic mass is 10.0. The van der Waals surface area contributed by atoms with Gasteiger partial charge in [0.25, 0.3) is 5.56 Å². The molecule has 0 aliphatic carbocycles. The van der Waals surface area contributed by atoms with Crippen molar-refractivity contribution in [3.05, 3.63) is 16.7 Å². The summed E-state index contributed by atoms with van der Waals surface area (Å²) in [6.07, 6.45) is 3.78. The van der Waals surface area contributed by atoms with Crippen LogP contribution in [0.1, 0.15) is 19.8 Å². The lowest BCUT2D eigenvalue weighted by molar-refractivity contribution is 0.444. The highest BCUT2D eigenvalue weighted by molar-refractivity contribution is 5.60. The maximum atomic E-state index is 11.3. The zero-order valence-corrected chi connectivity index (χ0v) is 8.86. The minimum absolute atomic E-state index is 0.228. The average Bonchev–Trinajstić information content (AvgIpc) is 2.22. The molecule has 1 aliphatic rings. The van der Waals surface area contributed by atoms with E-state index in [-0.39, 0.29) is 11.2 Å². The molecule has 0 radical (unpaired) electrons.